The van der Waals surface area contributed by atoms with Crippen LogP contribution in [0.15, 0.2) is 36.4 Å². The zero-order chi connectivity index (χ0) is 13.7. The lowest BCUT2D eigenvalue weighted by Crippen LogP contribution is -2.15. The van der Waals surface area contributed by atoms with Crippen LogP contribution < -0.4 is 5.32 Å². The second kappa shape index (κ2) is 6.50. The highest BCUT2D eigenvalue weighted by Crippen LogP contribution is 2.16. The highest BCUT2D eigenvalue weighted by atomic mass is 32.1. The number of thiophene rings is 1. The number of benzene rings is 1. The maximum atomic E-state index is 10.8. The third-order valence-corrected chi connectivity index (χ3v) is 3.92. The molecule has 3 nitrogen and oxygen atoms in total. The third-order valence-electron chi connectivity index (χ3n) is 2.84. The van der Waals surface area contributed by atoms with Crippen LogP contribution in [0, 0.1) is 6.92 Å². The second-order valence-electron chi connectivity index (χ2n) is 4.49. The molecule has 0 unspecified atom stereocenters. The fourth-order valence-corrected chi connectivity index (χ4v) is 2.72. The molecule has 0 atom stereocenters. The normalized spacial score (nSPS) is 10.6. The fraction of sp³-hybridized carbons (Fsp3) is 0.267. The molecule has 0 saturated heterocycles. The van der Waals surface area contributed by atoms with Gasteiger partial charge in [-0.25, -0.2) is 4.79 Å². The zero-order valence-electron chi connectivity index (χ0n) is 10.8. The summed E-state index contributed by atoms with van der Waals surface area (Å²) in [6.45, 7) is 3.71. The first-order chi connectivity index (χ1) is 9.15. The summed E-state index contributed by atoms with van der Waals surface area (Å²) >= 11 is 1.33. The molecule has 19 heavy (non-hydrogen) atoms. The molecule has 2 rings (SSSR count). The maximum absolute atomic E-state index is 10.8. The van der Waals surface area contributed by atoms with Crippen LogP contribution >= 0.6 is 11.3 Å². The molecule has 0 fully saturated rings. The monoisotopic (exact) mass is 275 g/mol. The van der Waals surface area contributed by atoms with Gasteiger partial charge < -0.3 is 10.4 Å². The van der Waals surface area contributed by atoms with E-state index in [1.165, 1.54) is 22.5 Å². The quantitative estimate of drug-likeness (QED) is 0.796. The minimum absolute atomic E-state index is 0.399. The van der Waals surface area contributed by atoms with Crippen LogP contribution in [0.2, 0.25) is 0 Å². The maximum Gasteiger partial charge on any atom is 0.345 e. The Morgan fingerprint density at radius 2 is 2.16 bits per heavy atom. The summed E-state index contributed by atoms with van der Waals surface area (Å²) in [6, 6.07) is 12.0. The average Bonchev–Trinajstić information content (AvgIpc) is 2.84. The van der Waals surface area contributed by atoms with Gasteiger partial charge in [-0.3, -0.25) is 0 Å². The molecule has 1 heterocycles. The Labute approximate surface area is 116 Å². The third kappa shape index (κ3) is 4.19. The molecule has 100 valence electrons. The van der Waals surface area contributed by atoms with Crippen molar-refractivity contribution >= 4 is 17.3 Å². The van der Waals surface area contributed by atoms with Gasteiger partial charge >= 0.3 is 5.97 Å². The summed E-state index contributed by atoms with van der Waals surface area (Å²) in [4.78, 5) is 12.2. The molecule has 4 heteroatoms. The van der Waals surface area contributed by atoms with E-state index in [1.807, 2.05) is 6.07 Å². The highest BCUT2D eigenvalue weighted by molar-refractivity contribution is 7.13. The molecule has 0 aliphatic rings. The highest BCUT2D eigenvalue weighted by Gasteiger charge is 2.06. The Hall–Kier alpha value is -1.65. The number of aryl methyl sites for hydroxylation is 1. The number of hydrogen-bond acceptors (Lipinski definition) is 3. The minimum atomic E-state index is -0.851. The summed E-state index contributed by atoms with van der Waals surface area (Å²) in [6.07, 6.45) is 0.985. The van der Waals surface area contributed by atoms with E-state index < -0.39 is 5.97 Å². The molecule has 0 amide bonds. The first-order valence-corrected chi connectivity index (χ1v) is 7.05. The molecule has 0 radical (unpaired) electrons. The van der Waals surface area contributed by atoms with E-state index >= 15 is 0 Å². The van der Waals surface area contributed by atoms with E-state index in [2.05, 4.69) is 36.5 Å². The Bertz CT molecular complexity index is 563. The Morgan fingerprint density at radius 3 is 2.84 bits per heavy atom. The first kappa shape index (κ1) is 13.8. The van der Waals surface area contributed by atoms with Gasteiger partial charge in [0.15, 0.2) is 0 Å². The molecule has 2 N–H and O–H groups in total. The number of carboxylic acid groups (broad SMARTS) is 1. The van der Waals surface area contributed by atoms with Gasteiger partial charge in [0.1, 0.15) is 4.88 Å². The van der Waals surface area contributed by atoms with Crippen molar-refractivity contribution in [2.45, 2.75) is 19.9 Å². The summed E-state index contributed by atoms with van der Waals surface area (Å²) in [5.74, 6) is -0.851. The van der Waals surface area contributed by atoms with Crippen molar-refractivity contribution in [3.63, 3.8) is 0 Å². The van der Waals surface area contributed by atoms with Gasteiger partial charge in [0, 0.05) is 11.4 Å². The Morgan fingerprint density at radius 1 is 1.32 bits per heavy atom. The smallest absolute Gasteiger partial charge is 0.345 e. The molecule has 1 aromatic heterocycles. The SMILES string of the molecule is Cc1cccc(CCNCc2ccc(C(=O)O)s2)c1. The van der Waals surface area contributed by atoms with Crippen LogP contribution in [-0.2, 0) is 13.0 Å². The van der Waals surface area contributed by atoms with Crippen molar-refractivity contribution in [1.29, 1.82) is 0 Å². The zero-order valence-corrected chi connectivity index (χ0v) is 11.7. The molecule has 0 aliphatic carbocycles. The van der Waals surface area contributed by atoms with Crippen molar-refractivity contribution < 1.29 is 9.90 Å². The van der Waals surface area contributed by atoms with E-state index in [9.17, 15) is 4.79 Å². The minimum Gasteiger partial charge on any atom is -0.477 e. The molecule has 0 saturated carbocycles. The number of carboxylic acids is 1. The summed E-state index contributed by atoms with van der Waals surface area (Å²) in [5.41, 5.74) is 2.60. The van der Waals surface area contributed by atoms with Crippen LogP contribution in [0.3, 0.4) is 0 Å². The second-order valence-corrected chi connectivity index (χ2v) is 5.66. The van der Waals surface area contributed by atoms with Crippen LogP contribution in [0.1, 0.15) is 25.7 Å². The van der Waals surface area contributed by atoms with Crippen LogP contribution in [0.5, 0.6) is 0 Å². The molecule has 1 aromatic carbocycles. The summed E-state index contributed by atoms with van der Waals surface area (Å²) < 4.78 is 0. The number of hydrogen-bond donors (Lipinski definition) is 2. The van der Waals surface area contributed by atoms with Gasteiger partial charge in [0.25, 0.3) is 0 Å². The van der Waals surface area contributed by atoms with Gasteiger partial charge in [0.05, 0.1) is 0 Å². The van der Waals surface area contributed by atoms with Crippen molar-refractivity contribution in [2.75, 3.05) is 6.54 Å². The van der Waals surface area contributed by atoms with Gasteiger partial charge in [-0.2, -0.15) is 0 Å². The number of carbonyl (C=O) groups is 1. The van der Waals surface area contributed by atoms with E-state index in [0.29, 0.717) is 4.88 Å². The van der Waals surface area contributed by atoms with Gasteiger partial charge in [-0.05, 0) is 37.6 Å². The standard InChI is InChI=1S/C15H17NO2S/c1-11-3-2-4-12(9-11)7-8-16-10-13-5-6-14(19-13)15(17)18/h2-6,9,16H,7-8,10H2,1H3,(H,17,18). The largest absolute Gasteiger partial charge is 0.477 e. The first-order valence-electron chi connectivity index (χ1n) is 6.23. The lowest BCUT2D eigenvalue weighted by atomic mass is 10.1. The van der Waals surface area contributed by atoms with Crippen molar-refractivity contribution in [3.05, 3.63) is 57.3 Å². The molecule has 0 spiro atoms. The van der Waals surface area contributed by atoms with E-state index in [-0.39, 0.29) is 0 Å². The van der Waals surface area contributed by atoms with Crippen LogP contribution in [0.4, 0.5) is 0 Å². The average molecular weight is 275 g/mol. The number of aromatic carboxylic acids is 1. The molecule has 2 aromatic rings. The van der Waals surface area contributed by atoms with Crippen molar-refractivity contribution in [1.82, 2.24) is 5.32 Å². The van der Waals surface area contributed by atoms with Gasteiger partial charge in [0.2, 0.25) is 0 Å². The van der Waals surface area contributed by atoms with Crippen LogP contribution in [0.25, 0.3) is 0 Å². The summed E-state index contributed by atoms with van der Waals surface area (Å²) in [7, 11) is 0. The van der Waals surface area contributed by atoms with E-state index in [4.69, 9.17) is 5.11 Å². The lowest BCUT2D eigenvalue weighted by molar-refractivity contribution is 0.0702. The fourth-order valence-electron chi connectivity index (χ4n) is 1.90. The lowest BCUT2D eigenvalue weighted by Gasteiger charge is -2.04. The van der Waals surface area contributed by atoms with Gasteiger partial charge in [-0.15, -0.1) is 11.3 Å². The Kier molecular flexibility index (Phi) is 4.71. The van der Waals surface area contributed by atoms with E-state index in [1.54, 1.807) is 6.07 Å². The van der Waals surface area contributed by atoms with Crippen LogP contribution in [-0.4, -0.2) is 17.6 Å². The van der Waals surface area contributed by atoms with Gasteiger partial charge in [-0.1, -0.05) is 29.8 Å². The number of nitrogens with one attached hydrogen (secondary N) is 1. The number of rotatable bonds is 6. The molecule has 0 aliphatic heterocycles. The Balaban J connectivity index is 1.76. The predicted octanol–water partition coefficient (Wildman–Crippen LogP) is 3.09. The van der Waals surface area contributed by atoms with Crippen molar-refractivity contribution in [3.8, 4) is 0 Å². The summed E-state index contributed by atoms with van der Waals surface area (Å²) in [5, 5.41) is 12.2. The van der Waals surface area contributed by atoms with E-state index in [0.717, 1.165) is 24.4 Å². The molecular formula is C15H17NO2S. The topological polar surface area (TPSA) is 49.3 Å². The predicted molar refractivity (Wildman–Crippen MR) is 77.9 cm³/mol. The van der Waals surface area contributed by atoms with Crippen molar-refractivity contribution in [2.24, 2.45) is 0 Å². The molecule has 0 bridgehead atoms. The molecular weight excluding hydrogens is 258 g/mol.